The minimum absolute atomic E-state index is 0.143. The third-order valence-corrected chi connectivity index (χ3v) is 11.1. The first-order valence-electron chi connectivity index (χ1n) is 18.2. The molecule has 0 bridgehead atoms. The van der Waals surface area contributed by atoms with Crippen molar-refractivity contribution in [3.8, 4) is 11.1 Å². The highest BCUT2D eigenvalue weighted by Gasteiger charge is 2.32. The van der Waals surface area contributed by atoms with E-state index in [1.54, 1.807) is 0 Å². The molecule has 3 nitrogen and oxygen atoms in total. The first-order valence-corrected chi connectivity index (χ1v) is 18.2. The molecule has 2 aromatic heterocycles. The van der Waals surface area contributed by atoms with Gasteiger partial charge in [0.2, 0.25) is 0 Å². The quantitative estimate of drug-likeness (QED) is 0.176. The lowest BCUT2D eigenvalue weighted by atomic mass is 9.76. The molecule has 0 spiro atoms. The zero-order chi connectivity index (χ0) is 34.6. The van der Waals surface area contributed by atoms with Crippen molar-refractivity contribution in [1.82, 2.24) is 0 Å². The van der Waals surface area contributed by atoms with Gasteiger partial charge in [-0.3, -0.25) is 0 Å². The third kappa shape index (κ3) is 5.04. The van der Waals surface area contributed by atoms with E-state index in [2.05, 4.69) is 170 Å². The highest BCUT2D eigenvalue weighted by Crippen LogP contribution is 2.43. The minimum atomic E-state index is -0.213. The SMILES string of the molecule is CC1(c2cccc3c2oc2ccccc23)C=CC(N(c2ccc(-c3cccc4c3oc3ccccc34)cc2)C2C=CC=C(c3ccccc3)C2)=CC1. The third-order valence-electron chi connectivity index (χ3n) is 11.1. The molecule has 8 aromatic rings. The number of nitrogens with zero attached hydrogens (tertiary/aromatic N) is 1. The van der Waals surface area contributed by atoms with Crippen LogP contribution in [0.1, 0.15) is 30.9 Å². The second-order valence-corrected chi connectivity index (χ2v) is 14.3. The molecular formula is C49H37NO2. The highest BCUT2D eigenvalue weighted by molar-refractivity contribution is 6.09. The summed E-state index contributed by atoms with van der Waals surface area (Å²) < 4.78 is 12.9. The predicted molar refractivity (Wildman–Crippen MR) is 217 cm³/mol. The van der Waals surface area contributed by atoms with E-state index in [1.165, 1.54) is 27.8 Å². The first kappa shape index (κ1) is 30.5. The first-order chi connectivity index (χ1) is 25.6. The van der Waals surface area contributed by atoms with Gasteiger partial charge in [0.1, 0.15) is 22.3 Å². The van der Waals surface area contributed by atoms with Crippen LogP contribution in [0.4, 0.5) is 5.69 Å². The number of allylic oxidation sites excluding steroid dienone is 5. The molecule has 2 atom stereocenters. The molecule has 2 unspecified atom stereocenters. The molecule has 0 saturated heterocycles. The largest absolute Gasteiger partial charge is 0.456 e. The fraction of sp³-hybridized carbons (Fsp3) is 0.102. The predicted octanol–water partition coefficient (Wildman–Crippen LogP) is 13.2. The Balaban J connectivity index is 1.03. The molecule has 0 aliphatic heterocycles. The number of fused-ring (bicyclic) bond motifs is 6. The van der Waals surface area contributed by atoms with E-state index in [-0.39, 0.29) is 11.5 Å². The molecule has 2 aliphatic carbocycles. The number of benzene rings is 6. The average Bonchev–Trinajstić information content (AvgIpc) is 3.78. The molecular weight excluding hydrogens is 635 g/mol. The van der Waals surface area contributed by atoms with Crippen molar-refractivity contribution in [1.29, 1.82) is 0 Å². The average molecular weight is 672 g/mol. The van der Waals surface area contributed by atoms with Gasteiger partial charge in [0.15, 0.2) is 0 Å². The monoisotopic (exact) mass is 671 g/mol. The fourth-order valence-electron chi connectivity index (χ4n) is 8.31. The van der Waals surface area contributed by atoms with Crippen LogP contribution in [0.5, 0.6) is 0 Å². The molecule has 52 heavy (non-hydrogen) atoms. The maximum atomic E-state index is 6.50. The van der Waals surface area contributed by atoms with Gasteiger partial charge < -0.3 is 13.7 Å². The number of rotatable bonds is 6. The number of anilines is 1. The molecule has 6 aromatic carbocycles. The van der Waals surface area contributed by atoms with Crippen molar-refractivity contribution in [3.63, 3.8) is 0 Å². The summed E-state index contributed by atoms with van der Waals surface area (Å²) in [6.45, 7) is 2.33. The molecule has 0 radical (unpaired) electrons. The molecule has 250 valence electrons. The van der Waals surface area contributed by atoms with Gasteiger partial charge in [-0.1, -0.05) is 153 Å². The van der Waals surface area contributed by atoms with Crippen LogP contribution in [-0.2, 0) is 5.41 Å². The molecule has 0 amide bonds. The summed E-state index contributed by atoms with van der Waals surface area (Å²) in [7, 11) is 0. The zero-order valence-electron chi connectivity index (χ0n) is 29.0. The molecule has 3 heteroatoms. The van der Waals surface area contributed by atoms with Crippen LogP contribution in [0.2, 0.25) is 0 Å². The topological polar surface area (TPSA) is 29.5 Å². The van der Waals surface area contributed by atoms with Gasteiger partial charge in [0.25, 0.3) is 0 Å². The van der Waals surface area contributed by atoms with Gasteiger partial charge in [-0.05, 0) is 59.9 Å². The Morgan fingerprint density at radius 3 is 2.00 bits per heavy atom. The van der Waals surface area contributed by atoms with Crippen LogP contribution in [0.3, 0.4) is 0 Å². The van der Waals surface area contributed by atoms with E-state index in [1.807, 2.05) is 18.2 Å². The van der Waals surface area contributed by atoms with Crippen molar-refractivity contribution in [2.75, 3.05) is 4.90 Å². The molecule has 2 aliphatic rings. The van der Waals surface area contributed by atoms with Gasteiger partial charge in [-0.15, -0.1) is 0 Å². The second kappa shape index (κ2) is 12.2. The van der Waals surface area contributed by atoms with Gasteiger partial charge in [0, 0.05) is 49.5 Å². The Bertz CT molecular complexity index is 2760. The Morgan fingerprint density at radius 1 is 0.615 bits per heavy atom. The van der Waals surface area contributed by atoms with Crippen LogP contribution in [0, 0.1) is 0 Å². The van der Waals surface area contributed by atoms with E-state index in [0.29, 0.717) is 0 Å². The van der Waals surface area contributed by atoms with E-state index in [9.17, 15) is 0 Å². The van der Waals surface area contributed by atoms with Crippen molar-refractivity contribution >= 4 is 55.1 Å². The Morgan fingerprint density at radius 2 is 1.27 bits per heavy atom. The molecule has 0 saturated carbocycles. The summed E-state index contributed by atoms with van der Waals surface area (Å²) in [6.07, 6.45) is 15.7. The standard InChI is InChI=1S/C49H37NO2/c1-49(44-21-11-20-43-41-17-6-8-23-46(41)52-48(43)44)30-28-37(29-31-49)50(38-15-9-14-35(32-38)33-12-3-2-4-13-33)36-26-24-34(25-27-36)39-18-10-19-42-40-16-5-7-22-45(40)51-47(39)42/h2-30,38H,31-32H2,1H3. The molecule has 10 rings (SSSR count). The Kier molecular flexibility index (Phi) is 7.14. The molecule has 0 fully saturated rings. The summed E-state index contributed by atoms with van der Waals surface area (Å²) in [6, 6.07) is 49.5. The van der Waals surface area contributed by atoms with Crippen molar-refractivity contribution < 1.29 is 8.83 Å². The van der Waals surface area contributed by atoms with Crippen LogP contribution < -0.4 is 4.90 Å². The fourth-order valence-corrected chi connectivity index (χ4v) is 8.31. The van der Waals surface area contributed by atoms with Crippen LogP contribution in [0.25, 0.3) is 60.6 Å². The summed E-state index contributed by atoms with van der Waals surface area (Å²) in [5.41, 5.74) is 12.0. The zero-order valence-corrected chi connectivity index (χ0v) is 29.0. The number of hydrogen-bond acceptors (Lipinski definition) is 3. The van der Waals surface area contributed by atoms with Crippen LogP contribution >= 0.6 is 0 Å². The van der Waals surface area contributed by atoms with Gasteiger partial charge in [-0.2, -0.15) is 0 Å². The Labute approximate surface area is 303 Å². The van der Waals surface area contributed by atoms with E-state index >= 15 is 0 Å². The van der Waals surface area contributed by atoms with Crippen molar-refractivity contribution in [3.05, 3.63) is 193 Å². The van der Waals surface area contributed by atoms with E-state index in [4.69, 9.17) is 8.83 Å². The number of para-hydroxylation sites is 4. The molecule has 0 N–H and O–H groups in total. The molecule has 2 heterocycles. The van der Waals surface area contributed by atoms with Crippen LogP contribution in [-0.4, -0.2) is 6.04 Å². The lowest BCUT2D eigenvalue weighted by molar-refractivity contribution is 0.575. The van der Waals surface area contributed by atoms with Crippen molar-refractivity contribution in [2.45, 2.75) is 31.2 Å². The second-order valence-electron chi connectivity index (χ2n) is 14.3. The Hall–Kier alpha value is -6.32. The van der Waals surface area contributed by atoms with E-state index < -0.39 is 0 Å². The summed E-state index contributed by atoms with van der Waals surface area (Å²) in [4.78, 5) is 2.51. The van der Waals surface area contributed by atoms with Crippen LogP contribution in [0.15, 0.2) is 191 Å². The summed E-state index contributed by atoms with van der Waals surface area (Å²) >= 11 is 0. The maximum absolute atomic E-state index is 6.50. The number of furan rings is 2. The number of hydrogen-bond donors (Lipinski definition) is 0. The minimum Gasteiger partial charge on any atom is -0.456 e. The van der Waals surface area contributed by atoms with E-state index in [0.717, 1.165) is 68.1 Å². The highest BCUT2D eigenvalue weighted by atomic mass is 16.3. The van der Waals surface area contributed by atoms with Crippen molar-refractivity contribution in [2.24, 2.45) is 0 Å². The normalized spacial score (nSPS) is 18.7. The lowest BCUT2D eigenvalue weighted by Gasteiger charge is -2.38. The summed E-state index contributed by atoms with van der Waals surface area (Å²) in [5, 5.41) is 4.62. The smallest absolute Gasteiger partial charge is 0.143 e. The van der Waals surface area contributed by atoms with Gasteiger partial charge >= 0.3 is 0 Å². The van der Waals surface area contributed by atoms with Gasteiger partial charge in [0.05, 0.1) is 6.04 Å². The lowest BCUT2D eigenvalue weighted by Crippen LogP contribution is -2.35. The summed E-state index contributed by atoms with van der Waals surface area (Å²) in [5.74, 6) is 0. The maximum Gasteiger partial charge on any atom is 0.143 e. The van der Waals surface area contributed by atoms with Gasteiger partial charge in [-0.25, -0.2) is 0 Å².